The van der Waals surface area contributed by atoms with Crippen LogP contribution in [0, 0.1) is 11.6 Å². The zero-order valence-electron chi connectivity index (χ0n) is 12.8. The molecule has 1 aromatic heterocycles. The molecule has 0 spiro atoms. The number of aromatic nitrogens is 3. The molecule has 0 radical (unpaired) electrons. The number of hydrogen-bond acceptors (Lipinski definition) is 4. The quantitative estimate of drug-likeness (QED) is 0.512. The highest BCUT2D eigenvalue weighted by Crippen LogP contribution is 2.18. The molecule has 0 bridgehead atoms. The van der Waals surface area contributed by atoms with Gasteiger partial charge >= 0.3 is 0 Å². The van der Waals surface area contributed by atoms with Crippen LogP contribution in [0.15, 0.2) is 47.6 Å². The van der Waals surface area contributed by atoms with Crippen LogP contribution in [0.2, 0.25) is 5.02 Å². The van der Waals surface area contributed by atoms with E-state index in [4.69, 9.17) is 11.6 Å². The minimum atomic E-state index is -0.745. The van der Waals surface area contributed by atoms with Gasteiger partial charge in [0.25, 0.3) is 0 Å². The lowest BCUT2D eigenvalue weighted by atomic mass is 10.1. The summed E-state index contributed by atoms with van der Waals surface area (Å²) < 4.78 is 26.7. The number of Topliss-reactive ketones (excluding diaryl/α,β-unsaturated/α-hetero) is 1. The molecule has 0 unspecified atom stereocenters. The molecule has 0 saturated heterocycles. The summed E-state index contributed by atoms with van der Waals surface area (Å²) in [5.74, 6) is -1.37. The van der Waals surface area contributed by atoms with Gasteiger partial charge in [0.1, 0.15) is 17.5 Å². The van der Waals surface area contributed by atoms with Crippen LogP contribution in [0.25, 0.3) is 0 Å². The summed E-state index contributed by atoms with van der Waals surface area (Å²) in [5.41, 5.74) is 0.736. The van der Waals surface area contributed by atoms with E-state index in [2.05, 4.69) is 15.2 Å². The Labute approximate surface area is 151 Å². The van der Waals surface area contributed by atoms with E-state index in [9.17, 15) is 13.6 Å². The molecule has 8 heteroatoms. The van der Waals surface area contributed by atoms with Gasteiger partial charge in [-0.1, -0.05) is 35.5 Å². The number of H-pyrrole nitrogens is 1. The molecule has 128 valence electrons. The third-order valence-electron chi connectivity index (χ3n) is 3.36. The monoisotopic (exact) mass is 379 g/mol. The molecular weight excluding hydrogens is 368 g/mol. The van der Waals surface area contributed by atoms with E-state index in [1.165, 1.54) is 0 Å². The van der Waals surface area contributed by atoms with Crippen LogP contribution in [0.5, 0.6) is 0 Å². The fourth-order valence-corrected chi connectivity index (χ4v) is 2.96. The van der Waals surface area contributed by atoms with E-state index in [-0.39, 0.29) is 11.3 Å². The lowest BCUT2D eigenvalue weighted by Gasteiger charge is -2.01. The minimum Gasteiger partial charge on any atom is -0.293 e. The van der Waals surface area contributed by atoms with E-state index in [1.54, 1.807) is 12.1 Å². The maximum Gasteiger partial charge on any atom is 0.208 e. The Kier molecular flexibility index (Phi) is 5.45. The third-order valence-corrected chi connectivity index (χ3v) is 4.46. The molecular formula is C17H12ClF2N3OS. The number of nitrogens with zero attached hydrogens (tertiary/aromatic N) is 2. The molecule has 0 saturated carbocycles. The number of carbonyl (C=O) groups is 1. The Morgan fingerprint density at radius 3 is 2.68 bits per heavy atom. The van der Waals surface area contributed by atoms with E-state index in [0.29, 0.717) is 22.4 Å². The Balaban J connectivity index is 1.60. The Hall–Kier alpha value is -2.25. The molecule has 3 rings (SSSR count). The Morgan fingerprint density at radius 2 is 1.92 bits per heavy atom. The second-order valence-corrected chi connectivity index (χ2v) is 6.58. The zero-order valence-corrected chi connectivity index (χ0v) is 14.4. The van der Waals surface area contributed by atoms with Crippen molar-refractivity contribution in [2.75, 3.05) is 5.75 Å². The van der Waals surface area contributed by atoms with Crippen LogP contribution in [-0.4, -0.2) is 26.7 Å². The summed E-state index contributed by atoms with van der Waals surface area (Å²) in [6, 6.07) is 10.1. The van der Waals surface area contributed by atoms with Gasteiger partial charge in [0, 0.05) is 11.4 Å². The molecule has 3 aromatic rings. The average Bonchev–Trinajstić information content (AvgIpc) is 3.04. The van der Waals surface area contributed by atoms with E-state index in [1.807, 2.05) is 12.1 Å². The Bertz CT molecular complexity index is 899. The first kappa shape index (κ1) is 17.6. The van der Waals surface area contributed by atoms with Crippen molar-refractivity contribution in [1.82, 2.24) is 15.2 Å². The highest BCUT2D eigenvalue weighted by atomic mass is 35.5. The number of carbonyl (C=O) groups excluding carboxylic acids is 1. The first-order valence-electron chi connectivity index (χ1n) is 7.28. The predicted molar refractivity (Wildman–Crippen MR) is 92.1 cm³/mol. The second kappa shape index (κ2) is 7.76. The molecule has 1 N–H and O–H groups in total. The molecule has 0 fully saturated rings. The molecule has 0 aliphatic carbocycles. The summed E-state index contributed by atoms with van der Waals surface area (Å²) in [4.78, 5) is 16.3. The van der Waals surface area contributed by atoms with E-state index >= 15 is 0 Å². The molecule has 4 nitrogen and oxygen atoms in total. The summed E-state index contributed by atoms with van der Waals surface area (Å²) >= 11 is 6.90. The summed E-state index contributed by atoms with van der Waals surface area (Å²) in [6.45, 7) is 0. The average molecular weight is 380 g/mol. The molecule has 0 amide bonds. The predicted octanol–water partition coefficient (Wildman–Crippen LogP) is 4.30. The molecule has 2 aromatic carbocycles. The number of halogens is 3. The van der Waals surface area contributed by atoms with Gasteiger partial charge in [-0.2, -0.15) is 0 Å². The number of ketones is 1. The molecule has 0 aliphatic rings. The maximum atomic E-state index is 13.6. The van der Waals surface area contributed by atoms with E-state index in [0.717, 1.165) is 35.5 Å². The van der Waals surface area contributed by atoms with Crippen molar-refractivity contribution in [3.05, 3.63) is 76.1 Å². The van der Waals surface area contributed by atoms with Crippen LogP contribution in [-0.2, 0) is 6.42 Å². The smallest absolute Gasteiger partial charge is 0.208 e. The molecule has 25 heavy (non-hydrogen) atoms. The summed E-state index contributed by atoms with van der Waals surface area (Å²) in [6.07, 6.45) is 0.539. The molecule has 0 atom stereocenters. The zero-order chi connectivity index (χ0) is 17.8. The first-order chi connectivity index (χ1) is 12.0. The van der Waals surface area contributed by atoms with Gasteiger partial charge in [-0.15, -0.1) is 5.10 Å². The number of aromatic amines is 1. The topological polar surface area (TPSA) is 58.6 Å². The largest absolute Gasteiger partial charge is 0.293 e. The van der Waals surface area contributed by atoms with Gasteiger partial charge in [-0.25, -0.2) is 13.8 Å². The van der Waals surface area contributed by atoms with Crippen LogP contribution in [0.4, 0.5) is 8.78 Å². The summed E-state index contributed by atoms with van der Waals surface area (Å²) in [5, 5.41) is 7.83. The van der Waals surface area contributed by atoms with Gasteiger partial charge in [0.05, 0.1) is 11.3 Å². The standard InChI is InChI=1S/C17H12ClF2N3OS/c18-11-3-1-10(2-4-11)7-16-21-17(23-22-16)25-9-15(24)13-8-12(19)5-6-14(13)20/h1-6,8H,7,9H2,(H,21,22,23). The SMILES string of the molecule is O=C(CSc1n[nH]c(Cc2ccc(Cl)cc2)n1)c1cc(F)ccc1F. The maximum absolute atomic E-state index is 13.6. The number of benzene rings is 2. The van der Waals surface area contributed by atoms with Crippen molar-refractivity contribution in [2.45, 2.75) is 11.6 Å². The lowest BCUT2D eigenvalue weighted by molar-refractivity contribution is 0.101. The number of rotatable bonds is 6. The second-order valence-electron chi connectivity index (χ2n) is 5.20. The van der Waals surface area contributed by atoms with Crippen molar-refractivity contribution in [3.63, 3.8) is 0 Å². The number of hydrogen-bond donors (Lipinski definition) is 1. The number of thioether (sulfide) groups is 1. The minimum absolute atomic E-state index is 0.0847. The fraction of sp³-hybridized carbons (Fsp3) is 0.118. The van der Waals surface area contributed by atoms with Crippen molar-refractivity contribution < 1.29 is 13.6 Å². The molecule has 0 aliphatic heterocycles. The van der Waals surface area contributed by atoms with Crippen LogP contribution in [0.1, 0.15) is 21.7 Å². The lowest BCUT2D eigenvalue weighted by Crippen LogP contribution is -2.06. The molecule has 1 heterocycles. The fourth-order valence-electron chi connectivity index (χ4n) is 2.14. The van der Waals surface area contributed by atoms with Crippen LogP contribution >= 0.6 is 23.4 Å². The summed E-state index contributed by atoms with van der Waals surface area (Å²) in [7, 11) is 0. The first-order valence-corrected chi connectivity index (χ1v) is 8.64. The van der Waals surface area contributed by atoms with Gasteiger partial charge < -0.3 is 0 Å². The van der Waals surface area contributed by atoms with Gasteiger partial charge in [0.2, 0.25) is 5.16 Å². The highest BCUT2D eigenvalue weighted by molar-refractivity contribution is 7.99. The van der Waals surface area contributed by atoms with Crippen molar-refractivity contribution >= 4 is 29.1 Å². The van der Waals surface area contributed by atoms with Crippen molar-refractivity contribution in [3.8, 4) is 0 Å². The van der Waals surface area contributed by atoms with Crippen LogP contribution < -0.4 is 0 Å². The van der Waals surface area contributed by atoms with Crippen molar-refractivity contribution in [2.24, 2.45) is 0 Å². The normalized spacial score (nSPS) is 10.8. The third kappa shape index (κ3) is 4.64. The van der Waals surface area contributed by atoms with E-state index < -0.39 is 17.4 Å². The Morgan fingerprint density at radius 1 is 1.16 bits per heavy atom. The van der Waals surface area contributed by atoms with Crippen LogP contribution in [0.3, 0.4) is 0 Å². The van der Waals surface area contributed by atoms with Gasteiger partial charge in [0.15, 0.2) is 5.78 Å². The highest BCUT2D eigenvalue weighted by Gasteiger charge is 2.15. The van der Waals surface area contributed by atoms with Crippen molar-refractivity contribution in [1.29, 1.82) is 0 Å². The number of nitrogens with one attached hydrogen (secondary N) is 1. The van der Waals surface area contributed by atoms with Gasteiger partial charge in [-0.3, -0.25) is 9.89 Å². The van der Waals surface area contributed by atoms with Gasteiger partial charge in [-0.05, 0) is 35.9 Å².